The van der Waals surface area contributed by atoms with Crippen molar-refractivity contribution in [2.45, 2.75) is 6.61 Å². The van der Waals surface area contributed by atoms with Crippen molar-refractivity contribution in [2.24, 2.45) is 0 Å². The summed E-state index contributed by atoms with van der Waals surface area (Å²) in [6.45, 7) is -2.89. The van der Waals surface area contributed by atoms with Crippen molar-refractivity contribution >= 4 is 34.0 Å². The molecule has 0 saturated heterocycles. The van der Waals surface area contributed by atoms with Crippen LogP contribution in [0.15, 0.2) is 90.3 Å². The number of hydrogen-bond acceptors (Lipinski definition) is 4. The smallest absolute Gasteiger partial charge is 0.387 e. The highest BCUT2D eigenvalue weighted by atomic mass is 32.1. The fraction of sp³-hybridized carbons (Fsp3) is 0.0400. The molecule has 4 nitrogen and oxygen atoms in total. The second-order valence-corrected chi connectivity index (χ2v) is 7.59. The lowest BCUT2D eigenvalue weighted by Crippen LogP contribution is -2.13. The van der Waals surface area contributed by atoms with Gasteiger partial charge in [-0.15, -0.1) is 11.3 Å². The van der Waals surface area contributed by atoms with Gasteiger partial charge in [0.1, 0.15) is 5.75 Å². The molecular formula is C25H18F2N2O2S. The first-order chi connectivity index (χ1) is 15.6. The molecule has 0 aliphatic heterocycles. The van der Waals surface area contributed by atoms with Crippen LogP contribution >= 0.6 is 11.3 Å². The number of amides is 1. The van der Waals surface area contributed by atoms with Gasteiger partial charge in [0.25, 0.3) is 5.91 Å². The summed E-state index contributed by atoms with van der Waals surface area (Å²) in [7, 11) is 0. The Kier molecular flexibility index (Phi) is 6.67. The number of hydrogen-bond donors (Lipinski definition) is 1. The molecule has 1 heterocycles. The molecule has 0 spiro atoms. The van der Waals surface area contributed by atoms with E-state index in [0.717, 1.165) is 16.8 Å². The molecule has 0 bridgehead atoms. The van der Waals surface area contributed by atoms with Crippen molar-refractivity contribution in [3.05, 3.63) is 101 Å². The van der Waals surface area contributed by atoms with Crippen LogP contribution in [0, 0.1) is 0 Å². The first kappa shape index (κ1) is 21.4. The monoisotopic (exact) mass is 448 g/mol. The van der Waals surface area contributed by atoms with Crippen molar-refractivity contribution in [1.29, 1.82) is 0 Å². The van der Waals surface area contributed by atoms with Gasteiger partial charge in [0.2, 0.25) is 0 Å². The van der Waals surface area contributed by atoms with Gasteiger partial charge in [-0.3, -0.25) is 10.1 Å². The number of alkyl halides is 2. The van der Waals surface area contributed by atoms with Gasteiger partial charge in [-0.25, -0.2) is 4.98 Å². The summed E-state index contributed by atoms with van der Waals surface area (Å²) >= 11 is 1.34. The maximum atomic E-state index is 13.1. The normalized spacial score (nSPS) is 11.4. The zero-order valence-electron chi connectivity index (χ0n) is 16.7. The van der Waals surface area contributed by atoms with Gasteiger partial charge in [0, 0.05) is 16.5 Å². The van der Waals surface area contributed by atoms with Gasteiger partial charge in [-0.05, 0) is 29.3 Å². The van der Waals surface area contributed by atoms with Crippen LogP contribution in [0.25, 0.3) is 22.9 Å². The first-order valence-electron chi connectivity index (χ1n) is 9.73. The molecule has 0 aliphatic carbocycles. The topological polar surface area (TPSA) is 51.2 Å². The van der Waals surface area contributed by atoms with E-state index >= 15 is 0 Å². The van der Waals surface area contributed by atoms with E-state index in [9.17, 15) is 13.6 Å². The fourth-order valence-electron chi connectivity index (χ4n) is 3.05. The van der Waals surface area contributed by atoms with Crippen molar-refractivity contribution in [1.82, 2.24) is 4.98 Å². The highest BCUT2D eigenvalue weighted by Gasteiger charge is 2.15. The van der Waals surface area contributed by atoms with Crippen LogP contribution in [-0.4, -0.2) is 17.5 Å². The van der Waals surface area contributed by atoms with Gasteiger partial charge < -0.3 is 4.74 Å². The molecule has 3 aromatic carbocycles. The number of halogens is 2. The van der Waals surface area contributed by atoms with Crippen molar-refractivity contribution in [3.63, 3.8) is 0 Å². The van der Waals surface area contributed by atoms with Crippen LogP contribution in [0.5, 0.6) is 5.75 Å². The van der Waals surface area contributed by atoms with Crippen molar-refractivity contribution in [3.8, 4) is 17.0 Å². The number of anilines is 1. The van der Waals surface area contributed by atoms with Crippen LogP contribution in [0.4, 0.5) is 13.9 Å². The predicted molar refractivity (Wildman–Crippen MR) is 124 cm³/mol. The Labute approximate surface area is 187 Å². The maximum Gasteiger partial charge on any atom is 0.387 e. The summed E-state index contributed by atoms with van der Waals surface area (Å²) in [4.78, 5) is 17.7. The number of aromatic nitrogens is 1. The number of nitrogens with zero attached hydrogens (tertiary/aromatic N) is 1. The molecule has 0 saturated carbocycles. The van der Waals surface area contributed by atoms with Crippen LogP contribution in [0.3, 0.4) is 0 Å². The van der Waals surface area contributed by atoms with Crippen LogP contribution in [0.1, 0.15) is 11.1 Å². The second kappa shape index (κ2) is 9.98. The van der Waals surface area contributed by atoms with Crippen molar-refractivity contribution < 1.29 is 18.3 Å². The highest BCUT2D eigenvalue weighted by Crippen LogP contribution is 2.27. The van der Waals surface area contributed by atoms with Gasteiger partial charge in [-0.1, -0.05) is 72.8 Å². The Bertz CT molecular complexity index is 1210. The molecule has 1 amide bonds. The number of rotatable bonds is 7. The van der Waals surface area contributed by atoms with Gasteiger partial charge >= 0.3 is 6.61 Å². The maximum absolute atomic E-state index is 13.1. The first-order valence-corrected chi connectivity index (χ1v) is 10.6. The van der Waals surface area contributed by atoms with E-state index in [2.05, 4.69) is 15.0 Å². The predicted octanol–water partition coefficient (Wildman–Crippen LogP) is 6.59. The molecule has 0 aliphatic rings. The number of carbonyl (C=O) groups excluding carboxylic acids is 1. The molecule has 4 rings (SSSR count). The number of thiazole rings is 1. The number of carbonyl (C=O) groups is 1. The largest absolute Gasteiger partial charge is 0.435 e. The molecule has 7 heteroatoms. The van der Waals surface area contributed by atoms with Crippen molar-refractivity contribution in [2.75, 3.05) is 5.32 Å². The Morgan fingerprint density at radius 1 is 0.938 bits per heavy atom. The average molecular weight is 448 g/mol. The fourth-order valence-corrected chi connectivity index (χ4v) is 3.76. The molecule has 0 fully saturated rings. The second-order valence-electron chi connectivity index (χ2n) is 6.73. The minimum atomic E-state index is -2.89. The number of ether oxygens (including phenoxy) is 1. The summed E-state index contributed by atoms with van der Waals surface area (Å²) in [5.74, 6) is -0.267. The molecule has 1 N–H and O–H groups in total. The van der Waals surface area contributed by atoms with E-state index < -0.39 is 6.61 Å². The van der Waals surface area contributed by atoms with E-state index in [1.165, 1.54) is 23.5 Å². The molecule has 32 heavy (non-hydrogen) atoms. The van der Waals surface area contributed by atoms with Gasteiger partial charge in [-0.2, -0.15) is 8.78 Å². The molecule has 0 atom stereocenters. The lowest BCUT2D eigenvalue weighted by Gasteiger charge is -2.09. The minimum Gasteiger partial charge on any atom is -0.435 e. The molecular weight excluding hydrogens is 430 g/mol. The SMILES string of the molecule is O=C(Nc1nc(-c2ccccc2)cs1)C(=Cc1ccc(OC(F)F)cc1)c1ccccc1. The number of benzene rings is 3. The Morgan fingerprint density at radius 2 is 1.59 bits per heavy atom. The Balaban J connectivity index is 1.59. The minimum absolute atomic E-state index is 0.0547. The molecule has 0 unspecified atom stereocenters. The van der Waals surface area contributed by atoms with E-state index in [4.69, 9.17) is 0 Å². The third kappa shape index (κ3) is 5.44. The van der Waals surface area contributed by atoms with Gasteiger partial charge in [0.05, 0.1) is 5.69 Å². The van der Waals surface area contributed by atoms with E-state index in [1.807, 2.05) is 66.0 Å². The summed E-state index contributed by atoms with van der Waals surface area (Å²) < 4.78 is 29.2. The summed E-state index contributed by atoms with van der Waals surface area (Å²) in [5, 5.41) is 5.23. The lowest BCUT2D eigenvalue weighted by molar-refractivity contribution is -0.111. The van der Waals surface area contributed by atoms with E-state index in [0.29, 0.717) is 16.3 Å². The summed E-state index contributed by atoms with van der Waals surface area (Å²) in [5.41, 5.74) is 3.56. The highest BCUT2D eigenvalue weighted by molar-refractivity contribution is 7.14. The molecule has 4 aromatic rings. The van der Waals surface area contributed by atoms with Gasteiger partial charge in [0.15, 0.2) is 5.13 Å². The van der Waals surface area contributed by atoms with Crippen LogP contribution in [-0.2, 0) is 4.79 Å². The molecule has 0 radical (unpaired) electrons. The summed E-state index contributed by atoms with van der Waals surface area (Å²) in [6.07, 6.45) is 1.70. The Hall–Kier alpha value is -3.84. The average Bonchev–Trinajstić information content (AvgIpc) is 3.28. The standard InChI is InChI=1S/C25H18F2N2O2S/c26-24(27)31-20-13-11-17(12-14-20)15-21(18-7-3-1-4-8-18)23(30)29-25-28-22(16-32-25)19-9-5-2-6-10-19/h1-16,24H,(H,28,29,30). The quantitative estimate of drug-likeness (QED) is 0.256. The van der Waals surface area contributed by atoms with E-state index in [-0.39, 0.29) is 11.7 Å². The zero-order chi connectivity index (χ0) is 22.3. The lowest BCUT2D eigenvalue weighted by atomic mass is 10.0. The number of nitrogens with one attached hydrogen (secondary N) is 1. The Morgan fingerprint density at radius 3 is 2.25 bits per heavy atom. The van der Waals surface area contributed by atoms with Crippen LogP contribution in [0.2, 0.25) is 0 Å². The summed E-state index contributed by atoms with van der Waals surface area (Å²) in [6, 6.07) is 25.0. The zero-order valence-corrected chi connectivity index (χ0v) is 17.6. The third-order valence-corrected chi connectivity index (χ3v) is 5.30. The van der Waals surface area contributed by atoms with Crippen LogP contribution < -0.4 is 10.1 Å². The molecule has 1 aromatic heterocycles. The molecule has 160 valence electrons. The van der Waals surface area contributed by atoms with E-state index in [1.54, 1.807) is 18.2 Å². The third-order valence-electron chi connectivity index (χ3n) is 4.54.